The zero-order valence-electron chi connectivity index (χ0n) is 66.4. The SMILES string of the molecule is CC(C)(C)c1ccc(N2c3cc4c(cc3B3c5ccc(C(C)(C)C)cc5N(c5c(-c6ccccc6)cccc5-c5ccccc5)c5cc(-c6ccccc6)cc2c53)B2c3ccc(C(C)(C)C)cc3N(c3ccc(C(C)(C)C)cc3)c3cc(C(C)(C)C)cc(c32)N4c2c(-c3ccccc3)cccc2-c2ccccc2)cc1. The molecule has 0 bridgehead atoms. The largest absolute Gasteiger partial charge is 0.311 e. The summed E-state index contributed by atoms with van der Waals surface area (Å²) in [6, 6.07) is 119. The monoisotopic (exact) mass is 1420 g/mol. The summed E-state index contributed by atoms with van der Waals surface area (Å²) in [6.45, 7) is 34.9. The number of fused-ring (bicyclic) bond motifs is 8. The molecule has 0 fully saturated rings. The zero-order valence-corrected chi connectivity index (χ0v) is 66.4. The molecule has 0 atom stereocenters. The van der Waals surface area contributed by atoms with E-state index in [1.165, 1.54) is 83.3 Å². The summed E-state index contributed by atoms with van der Waals surface area (Å²) in [5.74, 6) is 0. The second-order valence-electron chi connectivity index (χ2n) is 36.2. The fourth-order valence-electron chi connectivity index (χ4n) is 17.9. The van der Waals surface area contributed by atoms with Crippen LogP contribution in [-0.4, -0.2) is 13.4 Å². The lowest BCUT2D eigenvalue weighted by Crippen LogP contribution is -2.65. The van der Waals surface area contributed by atoms with Crippen molar-refractivity contribution in [3.05, 3.63) is 337 Å². The Hall–Kier alpha value is -11.6. The minimum absolute atomic E-state index is 0.0409. The van der Waals surface area contributed by atoms with Crippen LogP contribution in [0.25, 0.3) is 55.6 Å². The molecule has 4 aliphatic heterocycles. The molecule has 18 rings (SSSR count). The van der Waals surface area contributed by atoms with Gasteiger partial charge < -0.3 is 19.6 Å². The molecule has 0 aromatic heterocycles. The fraction of sp³-hybridized carbons (Fsp3) is 0.192. The van der Waals surface area contributed by atoms with Gasteiger partial charge in [-0.3, -0.25) is 0 Å². The lowest BCUT2D eigenvalue weighted by atomic mass is 9.30. The van der Waals surface area contributed by atoms with Gasteiger partial charge in [0.05, 0.1) is 11.4 Å². The Labute approximate surface area is 653 Å². The van der Waals surface area contributed by atoms with Crippen molar-refractivity contribution in [3.8, 4) is 55.6 Å². The van der Waals surface area contributed by atoms with Crippen LogP contribution in [0.5, 0.6) is 0 Å². The Kier molecular flexibility index (Phi) is 16.6. The summed E-state index contributed by atoms with van der Waals surface area (Å²) in [6.07, 6.45) is 0. The van der Waals surface area contributed by atoms with Crippen molar-refractivity contribution in [2.24, 2.45) is 0 Å². The highest BCUT2D eigenvalue weighted by molar-refractivity contribution is 7.03. The molecule has 0 spiro atoms. The summed E-state index contributed by atoms with van der Waals surface area (Å²) in [5, 5.41) is 0. The van der Waals surface area contributed by atoms with Crippen molar-refractivity contribution >= 4 is 114 Å². The highest BCUT2D eigenvalue weighted by Crippen LogP contribution is 2.56. The minimum Gasteiger partial charge on any atom is -0.311 e. The summed E-state index contributed by atoms with van der Waals surface area (Å²) in [4.78, 5) is 10.8. The van der Waals surface area contributed by atoms with Gasteiger partial charge in [0.2, 0.25) is 0 Å². The Bertz CT molecular complexity index is 5800. The van der Waals surface area contributed by atoms with Crippen molar-refractivity contribution in [2.45, 2.75) is 131 Å². The second-order valence-corrected chi connectivity index (χ2v) is 36.2. The second kappa shape index (κ2) is 26.1. The van der Waals surface area contributed by atoms with E-state index in [4.69, 9.17) is 0 Å². The number of hydrogen-bond acceptors (Lipinski definition) is 4. The van der Waals surface area contributed by atoms with Crippen LogP contribution in [0.1, 0.15) is 132 Å². The summed E-state index contributed by atoms with van der Waals surface area (Å²) in [7, 11) is 0. The van der Waals surface area contributed by atoms with Crippen LogP contribution in [0.15, 0.2) is 309 Å². The summed E-state index contributed by atoms with van der Waals surface area (Å²) >= 11 is 0. The molecule has 0 saturated carbocycles. The first kappa shape index (κ1) is 70.1. The maximum Gasteiger partial charge on any atom is 0.252 e. The molecule has 0 amide bonds. The molecule has 0 unspecified atom stereocenters. The minimum atomic E-state index is -0.272. The van der Waals surface area contributed by atoms with Crippen molar-refractivity contribution in [3.63, 3.8) is 0 Å². The van der Waals surface area contributed by atoms with Crippen LogP contribution >= 0.6 is 0 Å². The predicted octanol–water partition coefficient (Wildman–Crippen LogP) is 24.7. The van der Waals surface area contributed by atoms with Gasteiger partial charge >= 0.3 is 0 Å². The first-order valence-electron chi connectivity index (χ1n) is 39.5. The van der Waals surface area contributed by atoms with E-state index in [-0.39, 0.29) is 40.5 Å². The Morgan fingerprint density at radius 1 is 0.191 bits per heavy atom. The van der Waals surface area contributed by atoms with E-state index in [2.05, 4.69) is 433 Å². The van der Waals surface area contributed by atoms with Crippen LogP contribution in [0, 0.1) is 0 Å². The van der Waals surface area contributed by atoms with E-state index in [1.807, 2.05) is 0 Å². The highest BCUT2D eigenvalue weighted by atomic mass is 15.2. The first-order valence-corrected chi connectivity index (χ1v) is 39.5. The fourth-order valence-corrected chi connectivity index (χ4v) is 17.9. The first-order chi connectivity index (χ1) is 52.8. The number of para-hydroxylation sites is 2. The van der Waals surface area contributed by atoms with Gasteiger partial charge in [0, 0.05) is 79.1 Å². The smallest absolute Gasteiger partial charge is 0.252 e. The van der Waals surface area contributed by atoms with Crippen molar-refractivity contribution in [1.82, 2.24) is 0 Å². The normalized spacial score (nSPS) is 13.7. The number of benzene rings is 14. The van der Waals surface area contributed by atoms with Crippen LogP contribution in [0.3, 0.4) is 0 Å². The third-order valence-corrected chi connectivity index (χ3v) is 23.8. The van der Waals surface area contributed by atoms with E-state index in [1.54, 1.807) is 0 Å². The highest BCUT2D eigenvalue weighted by Gasteiger charge is 2.50. The molecule has 0 saturated heterocycles. The van der Waals surface area contributed by atoms with Crippen LogP contribution in [-0.2, 0) is 27.1 Å². The maximum atomic E-state index is 2.75. The van der Waals surface area contributed by atoms with Gasteiger partial charge in [0.25, 0.3) is 13.4 Å². The average molecular weight is 1420 g/mol. The van der Waals surface area contributed by atoms with Crippen LogP contribution in [0.4, 0.5) is 68.2 Å². The molecule has 538 valence electrons. The number of hydrogen-bond donors (Lipinski definition) is 0. The molecule has 14 aromatic rings. The standard InChI is InChI=1S/C104H96B2N4/c1-100(2,3)73-47-53-78(54-48-73)107-88-61-75(102(7,8)9)51-57-84(88)105-87-65-86-90(66-91(87)110(95-64-77(104(13,14)15)63-94(107)97(95)105)99-82(70-39-27-19-28-40-70)45-32-46-83(99)71-41-29-20-30-42-71)108(79-55-49-74(50-56-79)101(4,5)6)92-59-72(67-33-21-16-22-34-67)60-93-96(92)106(86)85-58-52-76(103(10,11)12)62-89(85)109(93)98-80(68-35-23-17-24-36-68)43-31-44-81(98)69-37-25-18-26-38-69/h16-66H,1-15H3. The molecular weight excluding hydrogens is 1330 g/mol. The van der Waals surface area contributed by atoms with E-state index < -0.39 is 0 Å². The topological polar surface area (TPSA) is 13.0 Å². The quantitative estimate of drug-likeness (QED) is 0.134. The third-order valence-electron chi connectivity index (χ3n) is 23.8. The molecule has 0 aliphatic carbocycles. The summed E-state index contributed by atoms with van der Waals surface area (Å²) in [5.41, 5.74) is 38.8. The molecule has 4 heterocycles. The average Bonchev–Trinajstić information content (AvgIpc) is 0.668. The van der Waals surface area contributed by atoms with Gasteiger partial charge in [-0.1, -0.05) is 347 Å². The van der Waals surface area contributed by atoms with Gasteiger partial charge in [0.15, 0.2) is 0 Å². The van der Waals surface area contributed by atoms with Gasteiger partial charge in [0.1, 0.15) is 0 Å². The molecular formula is C104H96B2N4. The summed E-state index contributed by atoms with van der Waals surface area (Å²) < 4.78 is 0. The zero-order chi connectivity index (χ0) is 76.1. The number of rotatable bonds is 9. The van der Waals surface area contributed by atoms with Crippen molar-refractivity contribution in [2.75, 3.05) is 19.6 Å². The van der Waals surface area contributed by atoms with E-state index in [9.17, 15) is 0 Å². The molecule has 6 heteroatoms. The molecule has 0 N–H and O–H groups in total. The van der Waals surface area contributed by atoms with Crippen molar-refractivity contribution in [1.29, 1.82) is 0 Å². The lowest BCUT2D eigenvalue weighted by Gasteiger charge is -2.48. The Morgan fingerprint density at radius 3 is 0.809 bits per heavy atom. The van der Waals surface area contributed by atoms with Crippen molar-refractivity contribution < 1.29 is 0 Å². The maximum absolute atomic E-state index is 2.75. The number of nitrogens with zero attached hydrogens (tertiary/aromatic N) is 4. The molecule has 4 nitrogen and oxygen atoms in total. The molecule has 4 aliphatic rings. The van der Waals surface area contributed by atoms with E-state index in [0.717, 1.165) is 101 Å². The number of anilines is 12. The van der Waals surface area contributed by atoms with Gasteiger partial charge in [-0.2, -0.15) is 0 Å². The van der Waals surface area contributed by atoms with Gasteiger partial charge in [-0.15, -0.1) is 0 Å². The molecule has 14 aromatic carbocycles. The van der Waals surface area contributed by atoms with Gasteiger partial charge in [-0.25, -0.2) is 0 Å². The van der Waals surface area contributed by atoms with E-state index >= 15 is 0 Å². The molecule has 0 radical (unpaired) electrons. The lowest BCUT2D eigenvalue weighted by molar-refractivity contribution is 0.589. The van der Waals surface area contributed by atoms with Crippen LogP contribution < -0.4 is 52.4 Å². The Morgan fingerprint density at radius 2 is 0.464 bits per heavy atom. The van der Waals surface area contributed by atoms with Gasteiger partial charge in [-0.05, 0) is 188 Å². The van der Waals surface area contributed by atoms with E-state index in [0.29, 0.717) is 0 Å². The Balaban J connectivity index is 1.03. The third kappa shape index (κ3) is 11.8. The predicted molar refractivity (Wildman–Crippen MR) is 475 cm³/mol. The molecule has 110 heavy (non-hydrogen) atoms. The van der Waals surface area contributed by atoms with Crippen LogP contribution in [0.2, 0.25) is 0 Å².